The standard InChI is InChI=1S/C19H19NO6/c1-25-17(21)19(18(22)26-2,15-11-7-4-8-12-15)16(13-20(23)24)14-9-5-3-6-10-14/h3-12,16H,13H2,1-2H3/t16-/m0/s1. The van der Waals surface area contributed by atoms with E-state index >= 15 is 0 Å². The Morgan fingerprint density at radius 2 is 1.42 bits per heavy atom. The van der Waals surface area contributed by atoms with Crippen molar-refractivity contribution in [2.24, 2.45) is 0 Å². The normalized spacial score (nSPS) is 12.1. The molecule has 7 heteroatoms. The third-order valence-electron chi connectivity index (χ3n) is 4.30. The van der Waals surface area contributed by atoms with Crippen molar-refractivity contribution in [2.75, 3.05) is 20.8 Å². The second kappa shape index (κ2) is 8.24. The lowest BCUT2D eigenvalue weighted by Gasteiger charge is -2.34. The van der Waals surface area contributed by atoms with Crippen molar-refractivity contribution in [3.8, 4) is 0 Å². The highest BCUT2D eigenvalue weighted by Gasteiger charge is 2.58. The van der Waals surface area contributed by atoms with E-state index in [2.05, 4.69) is 0 Å². The van der Waals surface area contributed by atoms with Crippen molar-refractivity contribution < 1.29 is 24.0 Å². The maximum atomic E-state index is 12.9. The summed E-state index contributed by atoms with van der Waals surface area (Å²) in [6.45, 7) is -0.650. The van der Waals surface area contributed by atoms with Crippen LogP contribution in [0, 0.1) is 10.1 Å². The van der Waals surface area contributed by atoms with Gasteiger partial charge >= 0.3 is 11.9 Å². The molecule has 0 spiro atoms. The third kappa shape index (κ3) is 3.42. The van der Waals surface area contributed by atoms with Crippen LogP contribution in [0.2, 0.25) is 0 Å². The molecule has 0 fully saturated rings. The van der Waals surface area contributed by atoms with Crippen molar-refractivity contribution in [2.45, 2.75) is 11.3 Å². The Kier molecular flexibility index (Phi) is 6.06. The van der Waals surface area contributed by atoms with Crippen LogP contribution in [-0.2, 0) is 24.5 Å². The SMILES string of the molecule is COC(=O)C(C(=O)OC)(c1ccccc1)[C@@H](C[N+](=O)[O-])c1ccccc1. The van der Waals surface area contributed by atoms with Gasteiger partial charge in [-0.1, -0.05) is 60.7 Å². The first-order chi connectivity index (χ1) is 12.5. The minimum absolute atomic E-state index is 0.273. The molecule has 7 nitrogen and oxygen atoms in total. The monoisotopic (exact) mass is 357 g/mol. The summed E-state index contributed by atoms with van der Waals surface area (Å²) in [6, 6.07) is 16.5. The molecule has 0 radical (unpaired) electrons. The van der Waals surface area contributed by atoms with Crippen LogP contribution in [0.4, 0.5) is 0 Å². The summed E-state index contributed by atoms with van der Waals surface area (Å²) in [5, 5.41) is 11.4. The molecule has 0 amide bonds. The van der Waals surface area contributed by atoms with E-state index in [-0.39, 0.29) is 5.56 Å². The smallest absolute Gasteiger partial charge is 0.328 e. The van der Waals surface area contributed by atoms with Gasteiger partial charge in [-0.05, 0) is 11.1 Å². The molecule has 0 N–H and O–H groups in total. The number of ether oxygens (including phenoxy) is 2. The molecule has 0 saturated heterocycles. The topological polar surface area (TPSA) is 95.7 Å². The fourth-order valence-electron chi connectivity index (χ4n) is 3.15. The maximum absolute atomic E-state index is 12.9. The lowest BCUT2D eigenvalue weighted by Crippen LogP contribution is -2.52. The van der Waals surface area contributed by atoms with Gasteiger partial charge in [0.05, 0.1) is 20.1 Å². The first-order valence-corrected chi connectivity index (χ1v) is 7.87. The van der Waals surface area contributed by atoms with Crippen LogP contribution in [0.5, 0.6) is 0 Å². The predicted octanol–water partition coefficient (Wildman–Crippen LogP) is 2.33. The van der Waals surface area contributed by atoms with E-state index in [9.17, 15) is 19.7 Å². The van der Waals surface area contributed by atoms with Crippen LogP contribution in [0.15, 0.2) is 60.7 Å². The Hall–Kier alpha value is -3.22. The Labute approximate surface area is 150 Å². The van der Waals surface area contributed by atoms with E-state index in [0.717, 1.165) is 14.2 Å². The Morgan fingerprint density at radius 3 is 1.85 bits per heavy atom. The molecule has 1 atom stereocenters. The van der Waals surface area contributed by atoms with Crippen LogP contribution in [0.1, 0.15) is 17.0 Å². The molecule has 2 rings (SSSR count). The average molecular weight is 357 g/mol. The molecule has 0 bridgehead atoms. The van der Waals surface area contributed by atoms with Gasteiger partial charge in [0.15, 0.2) is 0 Å². The molecule has 0 saturated carbocycles. The second-order valence-electron chi connectivity index (χ2n) is 5.64. The Morgan fingerprint density at radius 1 is 0.962 bits per heavy atom. The highest BCUT2D eigenvalue weighted by molar-refractivity contribution is 6.07. The van der Waals surface area contributed by atoms with Crippen LogP contribution in [0.25, 0.3) is 0 Å². The molecule has 0 aliphatic rings. The van der Waals surface area contributed by atoms with Gasteiger partial charge in [-0.2, -0.15) is 0 Å². The van der Waals surface area contributed by atoms with E-state index in [1.807, 2.05) is 0 Å². The first-order valence-electron chi connectivity index (χ1n) is 7.87. The number of nitrogens with zero attached hydrogens (tertiary/aromatic N) is 1. The highest BCUT2D eigenvalue weighted by Crippen LogP contribution is 2.42. The van der Waals surface area contributed by atoms with E-state index in [1.54, 1.807) is 60.7 Å². The quantitative estimate of drug-likeness (QED) is 0.327. The molecule has 0 heterocycles. The fourth-order valence-corrected chi connectivity index (χ4v) is 3.15. The Balaban J connectivity index is 2.83. The molecule has 2 aromatic rings. The summed E-state index contributed by atoms with van der Waals surface area (Å²) in [4.78, 5) is 36.6. The zero-order valence-electron chi connectivity index (χ0n) is 14.5. The lowest BCUT2D eigenvalue weighted by atomic mass is 9.67. The number of benzene rings is 2. The van der Waals surface area contributed by atoms with Gasteiger partial charge in [0.25, 0.3) is 0 Å². The number of carbonyl (C=O) groups is 2. The van der Waals surface area contributed by atoms with Crippen LogP contribution >= 0.6 is 0 Å². The zero-order chi connectivity index (χ0) is 19.2. The number of esters is 2. The van der Waals surface area contributed by atoms with Gasteiger partial charge in [-0.15, -0.1) is 0 Å². The second-order valence-corrected chi connectivity index (χ2v) is 5.64. The van der Waals surface area contributed by atoms with E-state index < -0.39 is 34.7 Å². The summed E-state index contributed by atoms with van der Waals surface area (Å²) >= 11 is 0. The summed E-state index contributed by atoms with van der Waals surface area (Å²) < 4.78 is 9.83. The van der Waals surface area contributed by atoms with Crippen molar-refractivity contribution in [3.05, 3.63) is 81.9 Å². The van der Waals surface area contributed by atoms with Crippen molar-refractivity contribution >= 4 is 11.9 Å². The molecule has 26 heavy (non-hydrogen) atoms. The van der Waals surface area contributed by atoms with Crippen molar-refractivity contribution in [3.63, 3.8) is 0 Å². The van der Waals surface area contributed by atoms with Gasteiger partial charge in [-0.25, -0.2) is 0 Å². The van der Waals surface area contributed by atoms with E-state index in [0.29, 0.717) is 5.56 Å². The number of carbonyl (C=O) groups excluding carboxylic acids is 2. The number of nitro groups is 1. The maximum Gasteiger partial charge on any atom is 0.328 e. The van der Waals surface area contributed by atoms with Crippen molar-refractivity contribution in [1.29, 1.82) is 0 Å². The number of hydrogen-bond acceptors (Lipinski definition) is 6. The highest BCUT2D eigenvalue weighted by atomic mass is 16.6. The number of rotatable bonds is 7. The Bertz CT molecular complexity index is 759. The van der Waals surface area contributed by atoms with Gasteiger partial charge < -0.3 is 9.47 Å². The minimum atomic E-state index is -2.00. The molecule has 136 valence electrons. The molecular weight excluding hydrogens is 338 g/mol. The summed E-state index contributed by atoms with van der Waals surface area (Å²) in [7, 11) is 2.27. The number of hydrogen-bond donors (Lipinski definition) is 0. The largest absolute Gasteiger partial charge is 0.468 e. The number of methoxy groups -OCH3 is 2. The molecule has 0 aliphatic heterocycles. The zero-order valence-corrected chi connectivity index (χ0v) is 14.5. The van der Waals surface area contributed by atoms with Gasteiger partial charge in [0.2, 0.25) is 12.0 Å². The van der Waals surface area contributed by atoms with Crippen LogP contribution < -0.4 is 0 Å². The molecule has 0 unspecified atom stereocenters. The van der Waals surface area contributed by atoms with Crippen molar-refractivity contribution in [1.82, 2.24) is 0 Å². The summed E-state index contributed by atoms with van der Waals surface area (Å²) in [5.74, 6) is -2.93. The average Bonchev–Trinajstić information content (AvgIpc) is 2.68. The van der Waals surface area contributed by atoms with Gasteiger partial charge in [-0.3, -0.25) is 19.7 Å². The van der Waals surface area contributed by atoms with Gasteiger partial charge in [0.1, 0.15) is 0 Å². The van der Waals surface area contributed by atoms with E-state index in [4.69, 9.17) is 9.47 Å². The fraction of sp³-hybridized carbons (Fsp3) is 0.263. The third-order valence-corrected chi connectivity index (χ3v) is 4.30. The summed E-state index contributed by atoms with van der Waals surface area (Å²) in [6.07, 6.45) is 0. The first kappa shape index (κ1) is 19.1. The lowest BCUT2D eigenvalue weighted by molar-refractivity contribution is -0.484. The molecule has 0 aromatic heterocycles. The minimum Gasteiger partial charge on any atom is -0.468 e. The van der Waals surface area contributed by atoms with Crippen LogP contribution in [-0.4, -0.2) is 37.6 Å². The molecule has 0 aliphatic carbocycles. The molecular formula is C19H19NO6. The molecule has 2 aromatic carbocycles. The van der Waals surface area contributed by atoms with Gasteiger partial charge in [0, 0.05) is 4.92 Å². The van der Waals surface area contributed by atoms with E-state index in [1.165, 1.54) is 0 Å². The summed E-state index contributed by atoms with van der Waals surface area (Å²) in [5.41, 5.74) is -1.27. The predicted molar refractivity (Wildman–Crippen MR) is 93.2 cm³/mol. The van der Waals surface area contributed by atoms with Crippen LogP contribution in [0.3, 0.4) is 0 Å².